The molecule has 1 heterocycles. The van der Waals surface area contributed by atoms with Gasteiger partial charge in [0.25, 0.3) is 0 Å². The Labute approximate surface area is 421 Å². The van der Waals surface area contributed by atoms with Crippen molar-refractivity contribution in [2.45, 2.75) is 300 Å². The van der Waals surface area contributed by atoms with Crippen LogP contribution in [0.5, 0.6) is 0 Å². The van der Waals surface area contributed by atoms with Crippen LogP contribution in [0.4, 0.5) is 0 Å². The molecule has 0 spiro atoms. The predicted octanol–water partition coefficient (Wildman–Crippen LogP) is 11.7. The maximum atomic E-state index is 13.2. The Bertz CT molecular complexity index is 1260. The van der Waals surface area contributed by atoms with Crippen LogP contribution < -0.4 is 5.32 Å². The minimum atomic E-state index is -1.68. The molecule has 9 unspecified atom stereocenters. The van der Waals surface area contributed by atoms with Crippen molar-refractivity contribution in [1.82, 2.24) is 5.32 Å². The summed E-state index contributed by atoms with van der Waals surface area (Å²) in [6.07, 6.45) is 47.3. The van der Waals surface area contributed by atoms with E-state index in [1.807, 2.05) is 0 Å². The molecule has 8 N–H and O–H groups in total. The molecule has 0 radical (unpaired) electrons. The maximum Gasteiger partial charge on any atom is 0.249 e. The SMILES string of the molecule is CCCCCCCCCC/C=C/CC/C=C/CC/C=C/CCCC(O)C(O)C(COC1OC(CO)C(O)C(O)C1O)NC(=O)C(O)CCCCCCCC/C=C\CCCCCCCCCCCCC. The molecule has 69 heavy (non-hydrogen) atoms. The summed E-state index contributed by atoms with van der Waals surface area (Å²) in [4.78, 5) is 13.2. The number of ether oxygens (including phenoxy) is 2. The molecular weight excluding hydrogens is 871 g/mol. The second-order valence-corrected chi connectivity index (χ2v) is 20.0. The number of allylic oxidation sites excluding steroid dienone is 8. The number of aliphatic hydroxyl groups is 7. The highest BCUT2D eigenvalue weighted by Crippen LogP contribution is 2.23. The smallest absolute Gasteiger partial charge is 0.249 e. The predicted molar refractivity (Wildman–Crippen MR) is 284 cm³/mol. The zero-order chi connectivity index (χ0) is 50.4. The van der Waals surface area contributed by atoms with Gasteiger partial charge in [0.2, 0.25) is 5.91 Å². The largest absolute Gasteiger partial charge is 0.394 e. The third-order valence-electron chi connectivity index (χ3n) is 13.6. The summed E-state index contributed by atoms with van der Waals surface area (Å²) in [7, 11) is 0. The van der Waals surface area contributed by atoms with Gasteiger partial charge in [-0.1, -0.05) is 204 Å². The number of unbranched alkanes of at least 4 members (excludes halogenated alkanes) is 28. The summed E-state index contributed by atoms with van der Waals surface area (Å²) in [6.45, 7) is 3.44. The van der Waals surface area contributed by atoms with E-state index in [1.54, 1.807) is 0 Å². The minimum absolute atomic E-state index is 0.239. The van der Waals surface area contributed by atoms with Crippen molar-refractivity contribution >= 4 is 5.91 Å². The Kier molecular flexibility index (Phi) is 44.4. The number of carbonyl (C=O) groups is 1. The molecule has 0 aliphatic carbocycles. The third kappa shape index (κ3) is 35.8. The lowest BCUT2D eigenvalue weighted by molar-refractivity contribution is -0.303. The van der Waals surface area contributed by atoms with Crippen LogP contribution in [-0.2, 0) is 14.3 Å². The quantitative estimate of drug-likeness (QED) is 0.0215. The van der Waals surface area contributed by atoms with Gasteiger partial charge in [-0.15, -0.1) is 0 Å². The van der Waals surface area contributed by atoms with Crippen molar-refractivity contribution in [3.8, 4) is 0 Å². The summed E-state index contributed by atoms with van der Waals surface area (Å²) in [5.74, 6) is -0.717. The van der Waals surface area contributed by atoms with E-state index in [0.717, 1.165) is 64.2 Å². The molecule has 0 saturated carbocycles. The highest BCUT2D eigenvalue weighted by Gasteiger charge is 2.44. The lowest BCUT2D eigenvalue weighted by Crippen LogP contribution is -2.60. The number of amides is 1. The first-order valence-electron chi connectivity index (χ1n) is 28.5. The van der Waals surface area contributed by atoms with Crippen LogP contribution in [0.15, 0.2) is 48.6 Å². The van der Waals surface area contributed by atoms with E-state index in [2.05, 4.69) is 67.8 Å². The minimum Gasteiger partial charge on any atom is -0.394 e. The summed E-state index contributed by atoms with van der Waals surface area (Å²) >= 11 is 0. The number of hydrogen-bond acceptors (Lipinski definition) is 10. The van der Waals surface area contributed by atoms with Gasteiger partial charge in [-0.05, 0) is 89.9 Å². The molecule has 9 atom stereocenters. The van der Waals surface area contributed by atoms with Crippen molar-refractivity contribution in [3.63, 3.8) is 0 Å². The van der Waals surface area contributed by atoms with Crippen molar-refractivity contribution < 1.29 is 50.0 Å². The average molecular weight is 978 g/mol. The molecule has 0 bridgehead atoms. The standard InChI is InChI=1S/C58H107NO10/c1-3-5-7-9-11-13-15-17-19-21-23-25-27-29-31-33-35-37-39-41-43-45-50(61)53(63)49(48-68-58-56(66)55(65)54(64)52(47-60)69-58)59-57(67)51(62)46-44-42-40-38-36-34-32-30-28-26-24-22-20-18-16-14-12-10-8-6-4-2/h21,23,28-31,37,39,49-56,58,60-66H,3-20,22,24-27,32-36,38,40-48H2,1-2H3,(H,59,67)/b23-21+,30-28-,31-29+,39-37+. The highest BCUT2D eigenvalue weighted by atomic mass is 16.7. The van der Waals surface area contributed by atoms with E-state index in [1.165, 1.54) is 135 Å². The average Bonchev–Trinajstić information content (AvgIpc) is 3.35. The molecule has 11 heteroatoms. The molecule has 1 aliphatic rings. The van der Waals surface area contributed by atoms with Gasteiger partial charge in [-0.2, -0.15) is 0 Å². The van der Waals surface area contributed by atoms with Crippen molar-refractivity contribution in [2.75, 3.05) is 13.2 Å². The fourth-order valence-corrected chi connectivity index (χ4v) is 8.88. The molecule has 1 saturated heterocycles. The second kappa shape index (κ2) is 47.1. The topological polar surface area (TPSA) is 189 Å². The Morgan fingerprint density at radius 1 is 0.493 bits per heavy atom. The molecule has 0 aromatic carbocycles. The molecule has 0 aromatic heterocycles. The number of aliphatic hydroxyl groups excluding tert-OH is 7. The van der Waals surface area contributed by atoms with Gasteiger partial charge >= 0.3 is 0 Å². The Balaban J connectivity index is 2.38. The second-order valence-electron chi connectivity index (χ2n) is 20.0. The van der Waals surface area contributed by atoms with Gasteiger partial charge in [0, 0.05) is 0 Å². The van der Waals surface area contributed by atoms with E-state index >= 15 is 0 Å². The molecule has 11 nitrogen and oxygen atoms in total. The zero-order valence-corrected chi connectivity index (χ0v) is 44.0. The van der Waals surface area contributed by atoms with Crippen molar-refractivity contribution in [1.29, 1.82) is 0 Å². The molecule has 1 fully saturated rings. The van der Waals surface area contributed by atoms with Crippen LogP contribution in [0.1, 0.15) is 245 Å². The molecule has 1 amide bonds. The van der Waals surface area contributed by atoms with Crippen LogP contribution >= 0.6 is 0 Å². The molecule has 0 aromatic rings. The molecule has 1 aliphatic heterocycles. The normalized spacial score (nSPS) is 20.7. The molecule has 1 rings (SSSR count). The van der Waals surface area contributed by atoms with Crippen molar-refractivity contribution in [2.24, 2.45) is 0 Å². The van der Waals surface area contributed by atoms with E-state index < -0.39 is 74.2 Å². The Morgan fingerprint density at radius 3 is 1.29 bits per heavy atom. The molecular formula is C58H107NO10. The fraction of sp³-hybridized carbons (Fsp3) is 0.845. The van der Waals surface area contributed by atoms with E-state index in [9.17, 15) is 40.5 Å². The van der Waals surface area contributed by atoms with Gasteiger partial charge in [0.05, 0.1) is 25.4 Å². The van der Waals surface area contributed by atoms with E-state index in [0.29, 0.717) is 19.3 Å². The first-order chi connectivity index (χ1) is 33.7. The van der Waals surface area contributed by atoms with Gasteiger partial charge < -0.3 is 50.5 Å². The molecule has 404 valence electrons. The first-order valence-corrected chi connectivity index (χ1v) is 28.5. The van der Waals surface area contributed by atoms with Crippen LogP contribution in [0, 0.1) is 0 Å². The summed E-state index contributed by atoms with van der Waals surface area (Å²) in [6, 6.07) is -1.20. The van der Waals surface area contributed by atoms with Crippen LogP contribution in [0.3, 0.4) is 0 Å². The summed E-state index contributed by atoms with van der Waals surface area (Å²) in [5.41, 5.74) is 0. The Morgan fingerprint density at radius 2 is 0.870 bits per heavy atom. The highest BCUT2D eigenvalue weighted by molar-refractivity contribution is 5.80. The lowest BCUT2D eigenvalue weighted by Gasteiger charge is -2.40. The fourth-order valence-electron chi connectivity index (χ4n) is 8.88. The van der Waals surface area contributed by atoms with E-state index in [4.69, 9.17) is 9.47 Å². The maximum absolute atomic E-state index is 13.2. The third-order valence-corrected chi connectivity index (χ3v) is 13.6. The monoisotopic (exact) mass is 978 g/mol. The first kappa shape index (κ1) is 65.1. The number of carbonyl (C=O) groups excluding carboxylic acids is 1. The Hall–Kier alpha value is -1.93. The zero-order valence-electron chi connectivity index (χ0n) is 44.0. The summed E-state index contributed by atoms with van der Waals surface area (Å²) in [5, 5.41) is 76.1. The van der Waals surface area contributed by atoms with Gasteiger partial charge in [0.15, 0.2) is 6.29 Å². The summed E-state index contributed by atoms with van der Waals surface area (Å²) < 4.78 is 11.1. The lowest BCUT2D eigenvalue weighted by atomic mass is 9.98. The van der Waals surface area contributed by atoms with Crippen LogP contribution in [0.25, 0.3) is 0 Å². The van der Waals surface area contributed by atoms with Gasteiger partial charge in [0.1, 0.15) is 36.6 Å². The van der Waals surface area contributed by atoms with Crippen LogP contribution in [-0.4, -0.2) is 110 Å². The van der Waals surface area contributed by atoms with E-state index in [-0.39, 0.29) is 12.8 Å². The number of nitrogens with one attached hydrogen (secondary N) is 1. The van der Waals surface area contributed by atoms with Crippen LogP contribution in [0.2, 0.25) is 0 Å². The number of hydrogen-bond donors (Lipinski definition) is 8. The van der Waals surface area contributed by atoms with Crippen molar-refractivity contribution in [3.05, 3.63) is 48.6 Å². The number of rotatable bonds is 48. The van der Waals surface area contributed by atoms with Gasteiger partial charge in [-0.25, -0.2) is 0 Å². The van der Waals surface area contributed by atoms with Gasteiger partial charge in [-0.3, -0.25) is 4.79 Å².